The smallest absolute Gasteiger partial charge is 0.305 e. The second-order valence-electron chi connectivity index (χ2n) is 3.99. The molecule has 1 unspecified atom stereocenters. The Hall–Kier alpha value is 0.170. The fourth-order valence-corrected chi connectivity index (χ4v) is 2.17. The number of ether oxygens (including phenoxy) is 1. The molecule has 1 atom stereocenters. The zero-order valence-electron chi connectivity index (χ0n) is 10.2. The number of hydrogen-bond donors (Lipinski definition) is 2. The van der Waals surface area contributed by atoms with Crippen molar-refractivity contribution in [2.45, 2.75) is 57.1 Å². The molecule has 4 heteroatoms. The molecule has 0 N–H and O–H groups in total. The van der Waals surface area contributed by atoms with Crippen LogP contribution in [0.15, 0.2) is 0 Å². The summed E-state index contributed by atoms with van der Waals surface area (Å²) < 4.78 is 5.07. The van der Waals surface area contributed by atoms with E-state index in [2.05, 4.69) is 32.2 Å². The Kier molecular flexibility index (Phi) is 11.8. The third kappa shape index (κ3) is 10.7. The van der Waals surface area contributed by atoms with E-state index in [1.165, 1.54) is 0 Å². The van der Waals surface area contributed by atoms with Gasteiger partial charge >= 0.3 is 5.97 Å². The minimum atomic E-state index is -0.0571. The lowest BCUT2D eigenvalue weighted by atomic mass is 10.1. The highest BCUT2D eigenvalue weighted by Crippen LogP contribution is 2.12. The van der Waals surface area contributed by atoms with Gasteiger partial charge in [-0.05, 0) is 31.4 Å². The minimum Gasteiger partial charge on any atom is -0.466 e. The van der Waals surface area contributed by atoms with Gasteiger partial charge in [0.05, 0.1) is 6.61 Å². The molecule has 0 saturated carbocycles. The van der Waals surface area contributed by atoms with Crippen molar-refractivity contribution < 1.29 is 9.53 Å². The van der Waals surface area contributed by atoms with Crippen LogP contribution in [-0.4, -0.2) is 23.6 Å². The van der Waals surface area contributed by atoms with Crippen LogP contribution in [0.4, 0.5) is 0 Å². The first-order chi connectivity index (χ1) is 7.70. The summed E-state index contributed by atoms with van der Waals surface area (Å²) in [4.78, 5) is 11.2. The summed E-state index contributed by atoms with van der Waals surface area (Å²) >= 11 is 8.60. The van der Waals surface area contributed by atoms with Gasteiger partial charge in [-0.1, -0.05) is 19.8 Å². The normalized spacial score (nSPS) is 12.4. The number of esters is 1. The van der Waals surface area contributed by atoms with Crippen molar-refractivity contribution in [2.24, 2.45) is 0 Å². The molecule has 0 bridgehead atoms. The maximum Gasteiger partial charge on any atom is 0.305 e. The number of carbonyl (C=O) groups excluding carboxylic acids is 1. The molecule has 0 amide bonds. The monoisotopic (exact) mass is 264 g/mol. The van der Waals surface area contributed by atoms with Gasteiger partial charge in [0, 0.05) is 11.7 Å². The van der Waals surface area contributed by atoms with Crippen molar-refractivity contribution >= 4 is 31.2 Å². The highest BCUT2D eigenvalue weighted by Gasteiger charge is 2.04. The first-order valence-corrected chi connectivity index (χ1v) is 7.30. The van der Waals surface area contributed by atoms with Gasteiger partial charge in [-0.3, -0.25) is 4.79 Å². The Bertz CT molecular complexity index is 174. The third-order valence-electron chi connectivity index (χ3n) is 2.39. The maximum absolute atomic E-state index is 11.2. The van der Waals surface area contributed by atoms with Crippen LogP contribution in [0.2, 0.25) is 0 Å². The van der Waals surface area contributed by atoms with Crippen LogP contribution in [-0.2, 0) is 9.53 Å². The molecular weight excluding hydrogens is 240 g/mol. The summed E-state index contributed by atoms with van der Waals surface area (Å²) in [6.07, 6.45) is 6.63. The van der Waals surface area contributed by atoms with Crippen molar-refractivity contribution in [1.82, 2.24) is 0 Å². The number of thiol groups is 2. The predicted molar refractivity (Wildman–Crippen MR) is 75.6 cm³/mol. The van der Waals surface area contributed by atoms with E-state index in [1.807, 2.05) is 0 Å². The highest BCUT2D eigenvalue weighted by atomic mass is 32.1. The van der Waals surface area contributed by atoms with Gasteiger partial charge in [-0.25, -0.2) is 0 Å². The average molecular weight is 264 g/mol. The average Bonchev–Trinajstić information content (AvgIpc) is 2.25. The molecule has 0 aromatic heterocycles. The second-order valence-corrected chi connectivity index (χ2v) is 5.16. The first kappa shape index (κ1) is 16.2. The largest absolute Gasteiger partial charge is 0.466 e. The Morgan fingerprint density at radius 2 is 2.00 bits per heavy atom. The van der Waals surface area contributed by atoms with Gasteiger partial charge in [0.25, 0.3) is 0 Å². The van der Waals surface area contributed by atoms with Gasteiger partial charge < -0.3 is 4.74 Å². The molecule has 0 spiro atoms. The summed E-state index contributed by atoms with van der Waals surface area (Å²) in [7, 11) is 0. The molecule has 0 aromatic rings. The molecule has 0 aliphatic carbocycles. The molecule has 16 heavy (non-hydrogen) atoms. The van der Waals surface area contributed by atoms with Gasteiger partial charge in [-0.15, -0.1) is 0 Å². The Labute approximate surface area is 110 Å². The molecule has 0 aliphatic heterocycles. The minimum absolute atomic E-state index is 0.0571. The van der Waals surface area contributed by atoms with E-state index in [1.54, 1.807) is 0 Å². The van der Waals surface area contributed by atoms with Crippen LogP contribution >= 0.6 is 25.3 Å². The molecule has 0 saturated heterocycles. The van der Waals surface area contributed by atoms with Gasteiger partial charge in [0.15, 0.2) is 0 Å². The molecule has 96 valence electrons. The summed E-state index contributed by atoms with van der Waals surface area (Å²) in [6, 6.07) is 0. The number of carbonyl (C=O) groups is 1. The van der Waals surface area contributed by atoms with Crippen LogP contribution in [0.5, 0.6) is 0 Å². The maximum atomic E-state index is 11.2. The van der Waals surface area contributed by atoms with Crippen LogP contribution in [0.25, 0.3) is 0 Å². The van der Waals surface area contributed by atoms with E-state index in [0.717, 1.165) is 44.3 Å². The molecule has 2 nitrogen and oxygen atoms in total. The lowest BCUT2D eigenvalue weighted by Gasteiger charge is -2.08. The predicted octanol–water partition coefficient (Wildman–Crippen LogP) is 3.51. The quantitative estimate of drug-likeness (QED) is 0.359. The van der Waals surface area contributed by atoms with Crippen LogP contribution < -0.4 is 0 Å². The van der Waals surface area contributed by atoms with Crippen LogP contribution in [0.1, 0.15) is 51.9 Å². The van der Waals surface area contributed by atoms with E-state index in [-0.39, 0.29) is 5.97 Å². The number of hydrogen-bond acceptors (Lipinski definition) is 4. The van der Waals surface area contributed by atoms with Gasteiger partial charge in [0.2, 0.25) is 0 Å². The topological polar surface area (TPSA) is 26.3 Å². The lowest BCUT2D eigenvalue weighted by molar-refractivity contribution is -0.143. The lowest BCUT2D eigenvalue weighted by Crippen LogP contribution is -2.06. The van der Waals surface area contributed by atoms with E-state index in [9.17, 15) is 4.79 Å². The number of rotatable bonds is 10. The highest BCUT2D eigenvalue weighted by molar-refractivity contribution is 7.81. The van der Waals surface area contributed by atoms with E-state index in [0.29, 0.717) is 18.3 Å². The van der Waals surface area contributed by atoms with Crippen molar-refractivity contribution in [3.63, 3.8) is 0 Å². The zero-order chi connectivity index (χ0) is 12.2. The summed E-state index contributed by atoms with van der Waals surface area (Å²) in [5.41, 5.74) is 0. The Balaban J connectivity index is 3.27. The Morgan fingerprint density at radius 1 is 1.25 bits per heavy atom. The molecule has 0 rings (SSSR count). The van der Waals surface area contributed by atoms with E-state index in [4.69, 9.17) is 4.74 Å². The fraction of sp³-hybridized carbons (Fsp3) is 0.917. The molecule has 0 aliphatic rings. The summed E-state index contributed by atoms with van der Waals surface area (Å²) in [6.45, 7) is 2.66. The van der Waals surface area contributed by atoms with Crippen molar-refractivity contribution in [3.8, 4) is 0 Å². The SMILES string of the molecule is CCCCOC(=O)CCCCC(S)CCS. The summed E-state index contributed by atoms with van der Waals surface area (Å²) in [5, 5.41) is 0.425. The van der Waals surface area contributed by atoms with Crippen molar-refractivity contribution in [3.05, 3.63) is 0 Å². The standard InChI is InChI=1S/C12H24O2S2/c1-2-3-9-14-12(13)7-5-4-6-11(16)8-10-15/h11,15-16H,2-10H2,1H3. The molecule has 0 fully saturated rings. The zero-order valence-corrected chi connectivity index (χ0v) is 11.9. The molecular formula is C12H24O2S2. The van der Waals surface area contributed by atoms with Crippen LogP contribution in [0, 0.1) is 0 Å². The molecule has 0 radical (unpaired) electrons. The first-order valence-electron chi connectivity index (χ1n) is 6.15. The van der Waals surface area contributed by atoms with E-state index < -0.39 is 0 Å². The van der Waals surface area contributed by atoms with Gasteiger partial charge in [0.1, 0.15) is 0 Å². The summed E-state index contributed by atoms with van der Waals surface area (Å²) in [5.74, 6) is 0.825. The van der Waals surface area contributed by atoms with E-state index >= 15 is 0 Å². The van der Waals surface area contributed by atoms with Crippen molar-refractivity contribution in [2.75, 3.05) is 12.4 Å². The molecule has 0 heterocycles. The van der Waals surface area contributed by atoms with Crippen LogP contribution in [0.3, 0.4) is 0 Å². The molecule has 0 aromatic carbocycles. The second kappa shape index (κ2) is 11.6. The van der Waals surface area contributed by atoms with Crippen molar-refractivity contribution in [1.29, 1.82) is 0 Å². The van der Waals surface area contributed by atoms with Gasteiger partial charge in [-0.2, -0.15) is 25.3 Å². The number of unbranched alkanes of at least 4 members (excludes halogenated alkanes) is 2. The fourth-order valence-electron chi connectivity index (χ4n) is 1.35. The Morgan fingerprint density at radius 3 is 2.62 bits per heavy atom. The third-order valence-corrected chi connectivity index (χ3v) is 3.17.